The van der Waals surface area contributed by atoms with Gasteiger partial charge in [-0.05, 0) is 69.8 Å². The van der Waals surface area contributed by atoms with Gasteiger partial charge in [-0.3, -0.25) is 0 Å². The van der Waals surface area contributed by atoms with Gasteiger partial charge in [0.05, 0.1) is 0 Å². The van der Waals surface area contributed by atoms with Crippen LogP contribution in [0, 0.1) is 0 Å². The molecule has 3 heterocycles. The normalized spacial score (nSPS) is 11.6. The van der Waals surface area contributed by atoms with Crippen LogP contribution in [0.2, 0.25) is 0 Å². The number of rotatable bonds is 6. The Bertz CT molecular complexity index is 3230. The summed E-state index contributed by atoms with van der Waals surface area (Å²) in [6.45, 7) is 0. The van der Waals surface area contributed by atoms with E-state index in [0.29, 0.717) is 17.5 Å². The molecule has 5 heteroatoms. The first-order chi connectivity index (χ1) is 27.7. The number of hydrogen-bond donors (Lipinski definition) is 0. The minimum Gasteiger partial charge on any atom is -0.456 e. The van der Waals surface area contributed by atoms with Crippen LogP contribution in [-0.2, 0) is 0 Å². The summed E-state index contributed by atoms with van der Waals surface area (Å²) in [5, 5.41) is 4.43. The number of nitrogens with zero attached hydrogens (tertiary/aromatic N) is 3. The first-order valence-electron chi connectivity index (χ1n) is 18.7. The first-order valence-corrected chi connectivity index (χ1v) is 18.7. The van der Waals surface area contributed by atoms with Crippen LogP contribution in [0.4, 0.5) is 0 Å². The third-order valence-corrected chi connectivity index (χ3v) is 10.6. The molecule has 0 spiro atoms. The average Bonchev–Trinajstić information content (AvgIpc) is 3.85. The van der Waals surface area contributed by atoms with Crippen molar-refractivity contribution in [3.63, 3.8) is 0 Å². The highest BCUT2D eigenvalue weighted by atomic mass is 16.3. The summed E-state index contributed by atoms with van der Waals surface area (Å²) < 4.78 is 12.4. The van der Waals surface area contributed by atoms with Gasteiger partial charge in [0.1, 0.15) is 22.3 Å². The first kappa shape index (κ1) is 31.9. The van der Waals surface area contributed by atoms with Gasteiger partial charge in [-0.2, -0.15) is 0 Å². The number of benzene rings is 8. The fourth-order valence-corrected chi connectivity index (χ4v) is 7.76. The standard InChI is InChI=1S/C51H31N3O2/c1-2-10-32(11-3-1)33-20-24-35(25-21-33)49-52-50(36-26-22-34(23-27-36)40-16-9-19-46-48(40)43-15-5-7-18-45(43)55-46)54-51(53-49)39-13-8-12-37(30-39)38-28-29-42-41-14-4-6-17-44(41)56-47(42)31-38/h1-31H. The largest absolute Gasteiger partial charge is 0.456 e. The van der Waals surface area contributed by atoms with Crippen molar-refractivity contribution in [3.05, 3.63) is 188 Å². The Hall–Kier alpha value is -7.63. The molecule has 0 aliphatic carbocycles. The van der Waals surface area contributed by atoms with E-state index in [1.165, 1.54) is 0 Å². The highest BCUT2D eigenvalue weighted by molar-refractivity contribution is 6.12. The zero-order valence-electron chi connectivity index (χ0n) is 30.1. The van der Waals surface area contributed by atoms with E-state index in [2.05, 4.69) is 140 Å². The molecule has 0 bridgehead atoms. The van der Waals surface area contributed by atoms with E-state index in [4.69, 9.17) is 23.8 Å². The lowest BCUT2D eigenvalue weighted by molar-refractivity contribution is 0.668. The molecule has 3 aromatic heterocycles. The van der Waals surface area contributed by atoms with Crippen molar-refractivity contribution in [1.29, 1.82) is 0 Å². The topological polar surface area (TPSA) is 65.0 Å². The maximum absolute atomic E-state index is 6.23. The number of aromatic nitrogens is 3. The molecule has 0 unspecified atom stereocenters. The quantitative estimate of drug-likeness (QED) is 0.171. The summed E-state index contributed by atoms with van der Waals surface area (Å²) in [6, 6.07) is 64.6. The second-order valence-corrected chi connectivity index (χ2v) is 14.0. The molecule has 0 saturated heterocycles. The highest BCUT2D eigenvalue weighted by Crippen LogP contribution is 2.38. The van der Waals surface area contributed by atoms with Crippen LogP contribution < -0.4 is 0 Å². The Morgan fingerprint density at radius 3 is 1.48 bits per heavy atom. The Balaban J connectivity index is 1.01. The molecule has 11 aromatic rings. The van der Waals surface area contributed by atoms with Gasteiger partial charge in [0.25, 0.3) is 0 Å². The molecule has 0 aliphatic rings. The third-order valence-electron chi connectivity index (χ3n) is 10.6. The van der Waals surface area contributed by atoms with Gasteiger partial charge in [-0.25, -0.2) is 15.0 Å². The Kier molecular flexibility index (Phi) is 7.42. The average molecular weight is 718 g/mol. The van der Waals surface area contributed by atoms with Gasteiger partial charge in [-0.15, -0.1) is 0 Å². The summed E-state index contributed by atoms with van der Waals surface area (Å²) >= 11 is 0. The number of para-hydroxylation sites is 2. The van der Waals surface area contributed by atoms with Crippen molar-refractivity contribution in [3.8, 4) is 67.5 Å². The Morgan fingerprint density at radius 2 is 0.732 bits per heavy atom. The van der Waals surface area contributed by atoms with Gasteiger partial charge in [0.15, 0.2) is 17.5 Å². The van der Waals surface area contributed by atoms with Gasteiger partial charge < -0.3 is 8.83 Å². The fourth-order valence-electron chi connectivity index (χ4n) is 7.76. The minimum atomic E-state index is 0.600. The molecule has 0 saturated carbocycles. The monoisotopic (exact) mass is 717 g/mol. The van der Waals surface area contributed by atoms with E-state index >= 15 is 0 Å². The summed E-state index contributed by atoms with van der Waals surface area (Å²) in [7, 11) is 0. The lowest BCUT2D eigenvalue weighted by Gasteiger charge is -2.11. The van der Waals surface area contributed by atoms with E-state index < -0.39 is 0 Å². The summed E-state index contributed by atoms with van der Waals surface area (Å²) in [4.78, 5) is 15.3. The van der Waals surface area contributed by atoms with Crippen LogP contribution in [0.15, 0.2) is 197 Å². The molecule has 0 aliphatic heterocycles. The number of hydrogen-bond acceptors (Lipinski definition) is 5. The van der Waals surface area contributed by atoms with Crippen LogP contribution in [0.25, 0.3) is 111 Å². The minimum absolute atomic E-state index is 0.600. The van der Waals surface area contributed by atoms with Crippen LogP contribution in [0.3, 0.4) is 0 Å². The lowest BCUT2D eigenvalue weighted by atomic mass is 9.98. The molecular formula is C51H31N3O2. The Labute approximate surface area is 322 Å². The van der Waals surface area contributed by atoms with Crippen molar-refractivity contribution in [1.82, 2.24) is 15.0 Å². The second kappa shape index (κ2) is 13.0. The smallest absolute Gasteiger partial charge is 0.164 e. The van der Waals surface area contributed by atoms with Crippen molar-refractivity contribution >= 4 is 43.9 Å². The molecule has 0 fully saturated rings. The number of fused-ring (bicyclic) bond motifs is 6. The summed E-state index contributed by atoms with van der Waals surface area (Å²) in [6.07, 6.45) is 0. The molecule has 56 heavy (non-hydrogen) atoms. The van der Waals surface area contributed by atoms with E-state index in [1.54, 1.807) is 0 Å². The van der Waals surface area contributed by atoms with E-state index in [1.807, 2.05) is 48.5 Å². The van der Waals surface area contributed by atoms with Crippen LogP contribution in [0.5, 0.6) is 0 Å². The van der Waals surface area contributed by atoms with E-state index in [-0.39, 0.29) is 0 Å². The van der Waals surface area contributed by atoms with Crippen LogP contribution >= 0.6 is 0 Å². The molecule has 0 amide bonds. The van der Waals surface area contributed by atoms with Gasteiger partial charge >= 0.3 is 0 Å². The molecule has 0 atom stereocenters. The Morgan fingerprint density at radius 1 is 0.268 bits per heavy atom. The molecule has 0 radical (unpaired) electrons. The predicted molar refractivity (Wildman–Crippen MR) is 227 cm³/mol. The molecule has 8 aromatic carbocycles. The van der Waals surface area contributed by atoms with Gasteiger partial charge in [0.2, 0.25) is 0 Å². The zero-order chi connectivity index (χ0) is 37.0. The highest BCUT2D eigenvalue weighted by Gasteiger charge is 2.16. The van der Waals surface area contributed by atoms with E-state index in [0.717, 1.165) is 93.9 Å². The van der Waals surface area contributed by atoms with Crippen molar-refractivity contribution in [2.45, 2.75) is 0 Å². The molecular weight excluding hydrogens is 687 g/mol. The van der Waals surface area contributed by atoms with Crippen LogP contribution in [0.1, 0.15) is 0 Å². The lowest BCUT2D eigenvalue weighted by Crippen LogP contribution is -2.00. The molecule has 11 rings (SSSR count). The molecule has 262 valence electrons. The van der Waals surface area contributed by atoms with Crippen LogP contribution in [-0.4, -0.2) is 15.0 Å². The van der Waals surface area contributed by atoms with Crippen molar-refractivity contribution < 1.29 is 8.83 Å². The fraction of sp³-hybridized carbons (Fsp3) is 0. The van der Waals surface area contributed by atoms with E-state index in [9.17, 15) is 0 Å². The number of furan rings is 2. The predicted octanol–water partition coefficient (Wildman–Crippen LogP) is 13.7. The van der Waals surface area contributed by atoms with Crippen molar-refractivity contribution in [2.24, 2.45) is 0 Å². The summed E-state index contributed by atoms with van der Waals surface area (Å²) in [5.74, 6) is 1.81. The molecule has 0 N–H and O–H groups in total. The second-order valence-electron chi connectivity index (χ2n) is 14.0. The van der Waals surface area contributed by atoms with Gasteiger partial charge in [0, 0.05) is 38.2 Å². The summed E-state index contributed by atoms with van der Waals surface area (Å²) in [5.41, 5.74) is 12.8. The maximum atomic E-state index is 6.23. The molecule has 5 nitrogen and oxygen atoms in total. The maximum Gasteiger partial charge on any atom is 0.164 e. The third kappa shape index (κ3) is 5.53. The van der Waals surface area contributed by atoms with Crippen molar-refractivity contribution in [2.75, 3.05) is 0 Å². The SMILES string of the molecule is c1ccc(-c2ccc(-c3nc(-c4ccc(-c5cccc6oc7ccccc7c56)cc4)nc(-c4cccc(-c5ccc6c(c5)oc5ccccc56)c4)n3)cc2)cc1. The zero-order valence-corrected chi connectivity index (χ0v) is 30.1. The van der Waals surface area contributed by atoms with Gasteiger partial charge in [-0.1, -0.05) is 152 Å².